The van der Waals surface area contributed by atoms with E-state index in [1.54, 1.807) is 55.5 Å². The van der Waals surface area contributed by atoms with Crippen molar-refractivity contribution < 1.29 is 24.3 Å². The molecular formula is C21H23N3O5S. The minimum atomic E-state index is -1.02. The average molecular weight is 429 g/mol. The molecule has 8 nitrogen and oxygen atoms in total. The molecule has 0 aliphatic carbocycles. The van der Waals surface area contributed by atoms with E-state index >= 15 is 0 Å². The zero-order chi connectivity index (χ0) is 22.1. The number of aliphatic carboxylic acids is 1. The van der Waals surface area contributed by atoms with E-state index in [1.807, 2.05) is 0 Å². The fourth-order valence-electron chi connectivity index (χ4n) is 2.40. The van der Waals surface area contributed by atoms with Crippen LogP contribution in [-0.2, 0) is 19.2 Å². The number of rotatable bonds is 9. The predicted octanol–water partition coefficient (Wildman–Crippen LogP) is 3.57. The van der Waals surface area contributed by atoms with Crippen molar-refractivity contribution in [2.75, 3.05) is 16.0 Å². The normalized spacial score (nSPS) is 11.3. The Kier molecular flexibility index (Phi) is 8.42. The second-order valence-electron chi connectivity index (χ2n) is 6.47. The fourth-order valence-corrected chi connectivity index (χ4v) is 3.27. The molecule has 0 radical (unpaired) electrons. The highest BCUT2D eigenvalue weighted by atomic mass is 32.2. The van der Waals surface area contributed by atoms with E-state index in [0.717, 1.165) is 4.90 Å². The number of carbonyl (C=O) groups excluding carboxylic acids is 3. The lowest BCUT2D eigenvalue weighted by molar-refractivity contribution is -0.138. The molecule has 0 heterocycles. The van der Waals surface area contributed by atoms with Crippen molar-refractivity contribution in [3.63, 3.8) is 0 Å². The monoisotopic (exact) mass is 429 g/mol. The number of nitrogens with one attached hydrogen (secondary N) is 3. The summed E-state index contributed by atoms with van der Waals surface area (Å²) < 4.78 is 0. The van der Waals surface area contributed by atoms with Crippen LogP contribution in [0.15, 0.2) is 53.4 Å². The van der Waals surface area contributed by atoms with E-state index in [4.69, 9.17) is 5.11 Å². The van der Waals surface area contributed by atoms with Crippen molar-refractivity contribution in [1.82, 2.24) is 0 Å². The van der Waals surface area contributed by atoms with Crippen LogP contribution >= 0.6 is 11.8 Å². The molecule has 0 saturated carbocycles. The summed E-state index contributed by atoms with van der Waals surface area (Å²) in [4.78, 5) is 46.5. The van der Waals surface area contributed by atoms with Crippen LogP contribution in [0, 0.1) is 0 Å². The zero-order valence-corrected chi connectivity index (χ0v) is 17.4. The molecule has 0 aliphatic heterocycles. The van der Waals surface area contributed by atoms with Gasteiger partial charge in [-0.15, -0.1) is 11.8 Å². The van der Waals surface area contributed by atoms with Crippen LogP contribution in [0.3, 0.4) is 0 Å². The Hall–Kier alpha value is -3.33. The van der Waals surface area contributed by atoms with Crippen LogP contribution in [0.2, 0.25) is 0 Å². The summed E-state index contributed by atoms with van der Waals surface area (Å²) in [5.74, 6) is -1.72. The van der Waals surface area contributed by atoms with Crippen molar-refractivity contribution in [1.29, 1.82) is 0 Å². The summed E-state index contributed by atoms with van der Waals surface area (Å²) in [6, 6.07) is 13.8. The summed E-state index contributed by atoms with van der Waals surface area (Å²) in [6.45, 7) is 3.21. The Morgan fingerprint density at radius 3 is 1.87 bits per heavy atom. The smallest absolute Gasteiger partial charge is 0.303 e. The first-order valence-corrected chi connectivity index (χ1v) is 10.1. The predicted molar refractivity (Wildman–Crippen MR) is 117 cm³/mol. The van der Waals surface area contributed by atoms with Crippen molar-refractivity contribution in [3.8, 4) is 0 Å². The van der Waals surface area contributed by atoms with Gasteiger partial charge in [0.15, 0.2) is 0 Å². The third kappa shape index (κ3) is 7.96. The molecule has 9 heteroatoms. The number of carboxylic acids is 1. The Morgan fingerprint density at radius 2 is 1.33 bits per heavy atom. The molecule has 1 atom stereocenters. The second-order valence-corrected chi connectivity index (χ2v) is 7.89. The summed E-state index contributed by atoms with van der Waals surface area (Å²) >= 11 is 1.36. The standard InChI is InChI=1S/C21H23N3O5S/c1-13(21(29)24-17-5-3-15(4-6-17)22-14(2)25)30-18-9-7-16(8-10-18)23-19(26)11-12-20(27)28/h3-10,13H,11-12H2,1-2H3,(H,22,25)(H,23,26)(H,24,29)(H,27,28)/t13-/m1/s1. The number of benzene rings is 2. The molecule has 2 aromatic rings. The van der Waals surface area contributed by atoms with Gasteiger partial charge in [-0.25, -0.2) is 0 Å². The van der Waals surface area contributed by atoms with Gasteiger partial charge in [-0.05, 0) is 55.5 Å². The molecule has 0 spiro atoms. The Balaban J connectivity index is 1.85. The molecule has 0 aromatic heterocycles. The third-order valence-electron chi connectivity index (χ3n) is 3.86. The molecule has 0 bridgehead atoms. The number of amides is 3. The van der Waals surface area contributed by atoms with Gasteiger partial charge in [-0.1, -0.05) is 0 Å². The van der Waals surface area contributed by atoms with Gasteiger partial charge in [0.2, 0.25) is 17.7 Å². The van der Waals surface area contributed by atoms with Gasteiger partial charge in [0.05, 0.1) is 11.7 Å². The molecule has 30 heavy (non-hydrogen) atoms. The first kappa shape index (κ1) is 23.0. The highest BCUT2D eigenvalue weighted by Crippen LogP contribution is 2.26. The summed E-state index contributed by atoms with van der Waals surface area (Å²) in [7, 11) is 0. The van der Waals surface area contributed by atoms with Gasteiger partial charge in [-0.3, -0.25) is 19.2 Å². The lowest BCUT2D eigenvalue weighted by Gasteiger charge is -2.13. The van der Waals surface area contributed by atoms with Gasteiger partial charge in [0, 0.05) is 35.3 Å². The van der Waals surface area contributed by atoms with E-state index in [-0.39, 0.29) is 35.8 Å². The van der Waals surface area contributed by atoms with Gasteiger partial charge >= 0.3 is 5.97 Å². The van der Waals surface area contributed by atoms with E-state index in [1.165, 1.54) is 18.7 Å². The van der Waals surface area contributed by atoms with Gasteiger partial charge < -0.3 is 21.1 Å². The van der Waals surface area contributed by atoms with Crippen molar-refractivity contribution in [2.24, 2.45) is 0 Å². The number of anilines is 3. The number of carboxylic acid groups (broad SMARTS) is 1. The van der Waals surface area contributed by atoms with E-state index < -0.39 is 5.97 Å². The minimum Gasteiger partial charge on any atom is -0.481 e. The van der Waals surface area contributed by atoms with Gasteiger partial charge in [-0.2, -0.15) is 0 Å². The molecule has 2 aromatic carbocycles. The Labute approximate surface area is 178 Å². The Morgan fingerprint density at radius 1 is 0.833 bits per heavy atom. The maximum atomic E-state index is 12.4. The van der Waals surface area contributed by atoms with E-state index in [9.17, 15) is 19.2 Å². The van der Waals surface area contributed by atoms with Crippen LogP contribution in [-0.4, -0.2) is 34.0 Å². The number of carbonyl (C=O) groups is 4. The maximum Gasteiger partial charge on any atom is 0.303 e. The molecule has 0 fully saturated rings. The first-order chi connectivity index (χ1) is 14.2. The molecular weight excluding hydrogens is 406 g/mol. The number of thioether (sulfide) groups is 1. The maximum absolute atomic E-state index is 12.4. The largest absolute Gasteiger partial charge is 0.481 e. The number of hydrogen-bond donors (Lipinski definition) is 4. The highest BCUT2D eigenvalue weighted by molar-refractivity contribution is 8.00. The van der Waals surface area contributed by atoms with Gasteiger partial charge in [0.1, 0.15) is 0 Å². The van der Waals surface area contributed by atoms with Crippen LogP contribution < -0.4 is 16.0 Å². The van der Waals surface area contributed by atoms with Crippen LogP contribution in [0.25, 0.3) is 0 Å². The lowest BCUT2D eigenvalue weighted by atomic mass is 10.2. The zero-order valence-electron chi connectivity index (χ0n) is 16.6. The number of hydrogen-bond acceptors (Lipinski definition) is 5. The van der Waals surface area contributed by atoms with Crippen molar-refractivity contribution in [2.45, 2.75) is 36.8 Å². The van der Waals surface area contributed by atoms with Crippen molar-refractivity contribution >= 4 is 52.5 Å². The first-order valence-electron chi connectivity index (χ1n) is 9.20. The molecule has 2 rings (SSSR count). The van der Waals surface area contributed by atoms with Crippen molar-refractivity contribution in [3.05, 3.63) is 48.5 Å². The summed E-state index contributed by atoms with van der Waals surface area (Å²) in [6.07, 6.45) is -0.308. The highest BCUT2D eigenvalue weighted by Gasteiger charge is 2.15. The Bertz CT molecular complexity index is 913. The summed E-state index contributed by atoms with van der Waals surface area (Å²) in [5.41, 5.74) is 1.84. The lowest BCUT2D eigenvalue weighted by Crippen LogP contribution is -2.22. The van der Waals surface area contributed by atoms with E-state index in [0.29, 0.717) is 17.1 Å². The third-order valence-corrected chi connectivity index (χ3v) is 4.97. The van der Waals surface area contributed by atoms with Crippen LogP contribution in [0.4, 0.5) is 17.1 Å². The topological polar surface area (TPSA) is 125 Å². The average Bonchev–Trinajstić information content (AvgIpc) is 2.69. The van der Waals surface area contributed by atoms with Crippen LogP contribution in [0.1, 0.15) is 26.7 Å². The summed E-state index contributed by atoms with van der Waals surface area (Å²) in [5, 5.41) is 16.4. The molecule has 158 valence electrons. The van der Waals surface area contributed by atoms with Gasteiger partial charge in [0.25, 0.3) is 0 Å². The minimum absolute atomic E-state index is 0.0885. The molecule has 4 N–H and O–H groups in total. The molecule has 0 aliphatic rings. The van der Waals surface area contributed by atoms with E-state index in [2.05, 4.69) is 16.0 Å². The molecule has 0 saturated heterocycles. The molecule has 0 unspecified atom stereocenters. The molecule has 3 amide bonds. The quantitative estimate of drug-likeness (QED) is 0.452. The van der Waals surface area contributed by atoms with Crippen LogP contribution in [0.5, 0.6) is 0 Å². The SMILES string of the molecule is CC(=O)Nc1ccc(NC(=O)[C@@H](C)Sc2ccc(NC(=O)CCC(=O)O)cc2)cc1. The fraction of sp³-hybridized carbons (Fsp3) is 0.238. The second kappa shape index (κ2) is 11.0.